The molecule has 0 unspecified atom stereocenters. The van der Waals surface area contributed by atoms with Crippen LogP contribution in [0.2, 0.25) is 0 Å². The average Bonchev–Trinajstić information content (AvgIpc) is 2.36. The molecule has 0 bridgehead atoms. The molecule has 0 aliphatic rings. The van der Waals surface area contributed by atoms with Gasteiger partial charge in [0, 0.05) is 19.9 Å². The molecule has 0 atom stereocenters. The van der Waals surface area contributed by atoms with Gasteiger partial charge >= 0.3 is 0 Å². The van der Waals surface area contributed by atoms with Crippen molar-refractivity contribution < 1.29 is 9.94 Å². The molecule has 0 fully saturated rings. The van der Waals surface area contributed by atoms with Crippen LogP contribution in [0.3, 0.4) is 0 Å². The third kappa shape index (κ3) is 3.33. The van der Waals surface area contributed by atoms with Crippen LogP contribution in [0.15, 0.2) is 28.3 Å². The summed E-state index contributed by atoms with van der Waals surface area (Å²) in [6.07, 6.45) is 2.35. The summed E-state index contributed by atoms with van der Waals surface area (Å²) in [5.41, 5.74) is 5.05. The fourth-order valence-corrected chi connectivity index (χ4v) is 1.45. The smallest absolute Gasteiger partial charge is 0.261 e. The van der Waals surface area contributed by atoms with Gasteiger partial charge in [0.2, 0.25) is 0 Å². The van der Waals surface area contributed by atoms with E-state index < -0.39 is 0 Å². The molecule has 18 heavy (non-hydrogen) atoms. The van der Waals surface area contributed by atoms with Crippen LogP contribution in [-0.4, -0.2) is 28.3 Å². The lowest BCUT2D eigenvalue weighted by atomic mass is 10.1. The minimum Gasteiger partial charge on any atom is -0.409 e. The Morgan fingerprint density at radius 1 is 1.61 bits per heavy atom. The minimum absolute atomic E-state index is 0.180. The quantitative estimate of drug-likeness (QED) is 0.351. The largest absolute Gasteiger partial charge is 0.409 e. The first kappa shape index (κ1) is 14.2. The average molecular weight is 253 g/mol. The maximum atomic E-state index is 12.0. The number of rotatable bonds is 5. The van der Waals surface area contributed by atoms with Crippen LogP contribution in [0.4, 0.5) is 0 Å². The van der Waals surface area contributed by atoms with Gasteiger partial charge in [0.15, 0.2) is 5.84 Å². The predicted molar refractivity (Wildman–Crippen MR) is 68.9 cm³/mol. The summed E-state index contributed by atoms with van der Waals surface area (Å²) in [7, 11) is 1.63. The van der Waals surface area contributed by atoms with Gasteiger partial charge in [-0.05, 0) is 32.4 Å². The normalized spacial score (nSPS) is 12.7. The number of nitrogens with zero attached hydrogens (tertiary/aromatic N) is 2. The molecule has 6 heteroatoms. The lowest BCUT2D eigenvalue weighted by Gasteiger charge is -2.23. The zero-order valence-electron chi connectivity index (χ0n) is 10.9. The predicted octanol–water partition coefficient (Wildman–Crippen LogP) is 0.758. The van der Waals surface area contributed by atoms with Crippen LogP contribution in [0.5, 0.6) is 0 Å². The first-order chi connectivity index (χ1) is 8.41. The molecule has 1 aromatic heterocycles. The summed E-state index contributed by atoms with van der Waals surface area (Å²) in [5.74, 6) is -0.180. The lowest BCUT2D eigenvalue weighted by molar-refractivity contribution is 0.0118. The van der Waals surface area contributed by atoms with E-state index in [9.17, 15) is 4.79 Å². The van der Waals surface area contributed by atoms with E-state index >= 15 is 0 Å². The standard InChI is InChI=1S/C12H19N3O3/c1-12(2,18-3)6-8-15-7-4-5-9(11(15)16)10(13)14-17/h4-5,7,17H,6,8H2,1-3H3,(H2,13,14). The van der Waals surface area contributed by atoms with Crippen molar-refractivity contribution in [2.45, 2.75) is 32.4 Å². The van der Waals surface area contributed by atoms with Crippen molar-refractivity contribution in [1.29, 1.82) is 0 Å². The molecule has 100 valence electrons. The molecule has 6 nitrogen and oxygen atoms in total. The number of amidine groups is 1. The van der Waals surface area contributed by atoms with Crippen molar-refractivity contribution in [3.63, 3.8) is 0 Å². The highest BCUT2D eigenvalue weighted by Crippen LogP contribution is 2.13. The summed E-state index contributed by atoms with van der Waals surface area (Å²) in [6, 6.07) is 3.21. The van der Waals surface area contributed by atoms with Crippen LogP contribution in [0.25, 0.3) is 0 Å². The number of hydrogen-bond donors (Lipinski definition) is 2. The molecule has 0 aliphatic heterocycles. The highest BCUT2D eigenvalue weighted by atomic mass is 16.5. The number of hydrogen-bond acceptors (Lipinski definition) is 4. The second kappa shape index (κ2) is 5.68. The van der Waals surface area contributed by atoms with E-state index in [2.05, 4.69) is 5.16 Å². The number of pyridine rings is 1. The molecule has 1 rings (SSSR count). The minimum atomic E-state index is -0.300. The summed E-state index contributed by atoms with van der Waals surface area (Å²) < 4.78 is 6.82. The van der Waals surface area contributed by atoms with Gasteiger partial charge in [-0.15, -0.1) is 0 Å². The zero-order chi connectivity index (χ0) is 13.8. The van der Waals surface area contributed by atoms with E-state index in [-0.39, 0.29) is 22.6 Å². The van der Waals surface area contributed by atoms with Crippen molar-refractivity contribution in [2.75, 3.05) is 7.11 Å². The van der Waals surface area contributed by atoms with Crippen molar-refractivity contribution >= 4 is 5.84 Å². The van der Waals surface area contributed by atoms with E-state index in [1.54, 1.807) is 19.4 Å². The maximum Gasteiger partial charge on any atom is 0.261 e. The fraction of sp³-hybridized carbons (Fsp3) is 0.500. The molecule has 1 aromatic rings. The van der Waals surface area contributed by atoms with Crippen LogP contribution in [0, 0.1) is 0 Å². The van der Waals surface area contributed by atoms with E-state index in [1.165, 1.54) is 10.6 Å². The molecule has 0 spiro atoms. The van der Waals surface area contributed by atoms with Gasteiger partial charge in [-0.25, -0.2) is 0 Å². The molecular formula is C12H19N3O3. The molecule has 0 aromatic carbocycles. The van der Waals surface area contributed by atoms with Crippen molar-refractivity contribution in [2.24, 2.45) is 10.9 Å². The Morgan fingerprint density at radius 3 is 2.83 bits per heavy atom. The van der Waals surface area contributed by atoms with Gasteiger partial charge < -0.3 is 20.2 Å². The molecule has 0 radical (unpaired) electrons. The summed E-state index contributed by atoms with van der Waals surface area (Å²) in [6.45, 7) is 4.41. The number of aromatic nitrogens is 1. The molecule has 0 saturated heterocycles. The van der Waals surface area contributed by atoms with Gasteiger partial charge in [-0.1, -0.05) is 5.16 Å². The Kier molecular flexibility index (Phi) is 4.49. The second-order valence-corrected chi connectivity index (χ2v) is 4.62. The van der Waals surface area contributed by atoms with Crippen molar-refractivity contribution in [3.8, 4) is 0 Å². The summed E-state index contributed by atoms with van der Waals surface area (Å²) in [5, 5.41) is 11.4. The Morgan fingerprint density at radius 2 is 2.28 bits per heavy atom. The molecule has 0 saturated carbocycles. The number of nitrogens with two attached hydrogens (primary N) is 1. The Balaban J connectivity index is 2.96. The number of methoxy groups -OCH3 is 1. The van der Waals surface area contributed by atoms with Crippen LogP contribution < -0.4 is 11.3 Å². The number of ether oxygens (including phenoxy) is 1. The first-order valence-corrected chi connectivity index (χ1v) is 5.64. The SMILES string of the molecule is COC(C)(C)CCn1cccc(/C(N)=N/O)c1=O. The second-order valence-electron chi connectivity index (χ2n) is 4.62. The fourth-order valence-electron chi connectivity index (χ4n) is 1.45. The third-order valence-corrected chi connectivity index (χ3v) is 2.91. The Bertz CT molecular complexity index is 492. The van der Waals surface area contributed by atoms with E-state index in [1.807, 2.05) is 13.8 Å². The Hall–Kier alpha value is -1.82. The molecule has 3 N–H and O–H groups in total. The lowest BCUT2D eigenvalue weighted by Crippen LogP contribution is -2.32. The van der Waals surface area contributed by atoms with Gasteiger partial charge in [0.1, 0.15) is 0 Å². The van der Waals surface area contributed by atoms with E-state index in [4.69, 9.17) is 15.7 Å². The number of oxime groups is 1. The van der Waals surface area contributed by atoms with Crippen LogP contribution >= 0.6 is 0 Å². The monoisotopic (exact) mass is 253 g/mol. The maximum absolute atomic E-state index is 12.0. The Labute approximate surface area is 106 Å². The van der Waals surface area contributed by atoms with Crippen LogP contribution in [-0.2, 0) is 11.3 Å². The van der Waals surface area contributed by atoms with Crippen molar-refractivity contribution in [3.05, 3.63) is 34.2 Å². The molecule has 0 aliphatic carbocycles. The molecular weight excluding hydrogens is 234 g/mol. The topological polar surface area (TPSA) is 89.8 Å². The highest BCUT2D eigenvalue weighted by molar-refractivity contribution is 5.96. The van der Waals surface area contributed by atoms with Crippen molar-refractivity contribution in [1.82, 2.24) is 4.57 Å². The highest BCUT2D eigenvalue weighted by Gasteiger charge is 2.17. The van der Waals surface area contributed by atoms with Gasteiger partial charge in [0.25, 0.3) is 5.56 Å². The van der Waals surface area contributed by atoms with E-state index in [0.717, 1.165) is 0 Å². The molecule has 1 heterocycles. The number of aryl methyl sites for hydroxylation is 1. The molecule has 0 amide bonds. The summed E-state index contributed by atoms with van der Waals surface area (Å²) in [4.78, 5) is 12.0. The van der Waals surface area contributed by atoms with Gasteiger partial charge in [0.05, 0.1) is 11.2 Å². The summed E-state index contributed by atoms with van der Waals surface area (Å²) >= 11 is 0. The van der Waals surface area contributed by atoms with Gasteiger partial charge in [-0.2, -0.15) is 0 Å². The zero-order valence-corrected chi connectivity index (χ0v) is 10.9. The van der Waals surface area contributed by atoms with Gasteiger partial charge in [-0.3, -0.25) is 4.79 Å². The van der Waals surface area contributed by atoms with Crippen LogP contribution in [0.1, 0.15) is 25.8 Å². The third-order valence-electron chi connectivity index (χ3n) is 2.91. The van der Waals surface area contributed by atoms with E-state index in [0.29, 0.717) is 13.0 Å². The first-order valence-electron chi connectivity index (χ1n) is 5.64.